The van der Waals surface area contributed by atoms with Gasteiger partial charge >= 0.3 is 12.0 Å². The van der Waals surface area contributed by atoms with Crippen LogP contribution < -0.4 is 15.8 Å². The van der Waals surface area contributed by atoms with Gasteiger partial charge in [-0.15, -0.1) is 0 Å². The number of nitrogens with two attached hydrogens (primary N) is 1. The van der Waals surface area contributed by atoms with Gasteiger partial charge in [0, 0.05) is 78.7 Å². The van der Waals surface area contributed by atoms with Crippen LogP contribution in [0.1, 0.15) is 52.0 Å². The Kier molecular flexibility index (Phi) is 9.65. The van der Waals surface area contributed by atoms with E-state index in [-0.39, 0.29) is 47.4 Å². The van der Waals surface area contributed by atoms with E-state index in [4.69, 9.17) is 15.2 Å². The van der Waals surface area contributed by atoms with Crippen LogP contribution in [0.5, 0.6) is 5.75 Å². The van der Waals surface area contributed by atoms with Crippen LogP contribution in [-0.2, 0) is 9.53 Å². The number of rotatable bonds is 8. The second-order valence-corrected chi connectivity index (χ2v) is 12.0. The highest BCUT2D eigenvalue weighted by Crippen LogP contribution is 2.44. The molecule has 2 aliphatic rings. The first kappa shape index (κ1) is 31.2. The molecular formula is C33H35BrN4O6. The van der Waals surface area contributed by atoms with E-state index < -0.39 is 18.0 Å². The number of ketones is 1. The van der Waals surface area contributed by atoms with Gasteiger partial charge in [-0.1, -0.05) is 46.3 Å². The van der Waals surface area contributed by atoms with Crippen LogP contribution >= 0.6 is 15.9 Å². The third-order valence-corrected chi connectivity index (χ3v) is 8.86. The van der Waals surface area contributed by atoms with Gasteiger partial charge in [-0.2, -0.15) is 0 Å². The molecule has 3 aromatic carbocycles. The molecule has 4 atom stereocenters. The monoisotopic (exact) mass is 662 g/mol. The molecule has 2 heterocycles. The Bertz CT molecular complexity index is 1530. The summed E-state index contributed by atoms with van der Waals surface area (Å²) < 4.78 is 11.8. The summed E-state index contributed by atoms with van der Waals surface area (Å²) in [6.45, 7) is 2.57. The minimum Gasteiger partial charge on any atom is -0.497 e. The molecule has 3 amide bonds. The average molecular weight is 664 g/mol. The molecule has 0 radical (unpaired) electrons. The predicted molar refractivity (Wildman–Crippen MR) is 169 cm³/mol. The number of esters is 1. The smallest absolute Gasteiger partial charge is 0.321 e. The summed E-state index contributed by atoms with van der Waals surface area (Å²) in [5, 5.41) is 2.97. The zero-order chi connectivity index (χ0) is 31.4. The normalized spacial score (nSPS) is 21.6. The highest BCUT2D eigenvalue weighted by atomic mass is 79.9. The van der Waals surface area contributed by atoms with Gasteiger partial charge in [0.05, 0.1) is 7.11 Å². The third-order valence-electron chi connectivity index (χ3n) is 8.33. The maximum Gasteiger partial charge on any atom is 0.321 e. The summed E-state index contributed by atoms with van der Waals surface area (Å²) >= 11 is 3.51. The number of carbonyl (C=O) groups is 4. The van der Waals surface area contributed by atoms with Crippen LogP contribution in [0.15, 0.2) is 77.3 Å². The first-order valence-corrected chi connectivity index (χ1v) is 15.2. The maximum atomic E-state index is 13.7. The van der Waals surface area contributed by atoms with E-state index in [0.29, 0.717) is 37.5 Å². The van der Waals surface area contributed by atoms with Crippen LogP contribution in [0.3, 0.4) is 0 Å². The number of primary amides is 1. The van der Waals surface area contributed by atoms with E-state index in [0.717, 1.165) is 10.0 Å². The Morgan fingerprint density at radius 3 is 2.27 bits per heavy atom. The molecule has 0 bridgehead atoms. The van der Waals surface area contributed by atoms with Gasteiger partial charge in [0.25, 0.3) is 0 Å². The Labute approximate surface area is 264 Å². The molecule has 0 aliphatic carbocycles. The lowest BCUT2D eigenvalue weighted by atomic mass is 9.71. The molecule has 2 fully saturated rings. The van der Waals surface area contributed by atoms with Crippen molar-refractivity contribution in [1.29, 1.82) is 0 Å². The molecule has 0 aromatic heterocycles. The van der Waals surface area contributed by atoms with Crippen LogP contribution in [0.25, 0.3) is 0 Å². The van der Waals surface area contributed by atoms with E-state index >= 15 is 0 Å². The Balaban J connectivity index is 1.46. The molecule has 44 heavy (non-hydrogen) atoms. The molecule has 11 heteroatoms. The zero-order valence-electron chi connectivity index (χ0n) is 24.6. The molecule has 0 saturated carbocycles. The standard InChI is InChI=1S/C33H35BrN4O6/c1-20(39)44-25-15-16-37(33(42)36-23-11-13-24(43-2)14-12-23)19-29-31(21-7-9-22(34)10-8-21)28(38(29)18-25)17-30(40)26-5-3-4-6-27(26)32(35)41/h3-14,25,28-29,31H,15-19H2,1-2H3,(H2,35,41)(H,36,42)/t25-,28+,29?,31-/m0/s1. The maximum absolute atomic E-state index is 13.7. The molecule has 2 aliphatic heterocycles. The number of ether oxygens (including phenoxy) is 2. The second kappa shape index (κ2) is 13.6. The summed E-state index contributed by atoms with van der Waals surface area (Å²) in [5.41, 5.74) is 7.69. The summed E-state index contributed by atoms with van der Waals surface area (Å²) in [7, 11) is 1.58. The number of amides is 3. The van der Waals surface area contributed by atoms with E-state index in [1.807, 2.05) is 24.3 Å². The van der Waals surface area contributed by atoms with Crippen molar-refractivity contribution in [1.82, 2.24) is 9.80 Å². The Morgan fingerprint density at radius 1 is 0.955 bits per heavy atom. The molecule has 3 N–H and O–H groups in total. The van der Waals surface area contributed by atoms with Crippen LogP contribution in [0.4, 0.5) is 10.5 Å². The first-order valence-electron chi connectivity index (χ1n) is 14.4. The summed E-state index contributed by atoms with van der Waals surface area (Å²) in [4.78, 5) is 55.3. The highest BCUT2D eigenvalue weighted by Gasteiger charge is 2.52. The van der Waals surface area contributed by atoms with E-state index in [9.17, 15) is 19.2 Å². The molecule has 2 saturated heterocycles. The number of nitrogens with zero attached hydrogens (tertiary/aromatic N) is 2. The molecule has 1 unspecified atom stereocenters. The number of fused-ring (bicyclic) bond motifs is 1. The lowest BCUT2D eigenvalue weighted by Crippen LogP contribution is -2.69. The van der Waals surface area contributed by atoms with Crippen molar-refractivity contribution in [3.05, 3.63) is 94.0 Å². The largest absolute Gasteiger partial charge is 0.497 e. The third kappa shape index (κ3) is 6.95. The van der Waals surface area contributed by atoms with Crippen molar-refractivity contribution in [2.24, 2.45) is 5.73 Å². The molecule has 3 aromatic rings. The van der Waals surface area contributed by atoms with Gasteiger partial charge < -0.3 is 25.4 Å². The number of urea groups is 1. The zero-order valence-corrected chi connectivity index (χ0v) is 26.2. The number of halogens is 1. The topological polar surface area (TPSA) is 131 Å². The Morgan fingerprint density at radius 2 is 1.64 bits per heavy atom. The van der Waals surface area contributed by atoms with Gasteiger partial charge in [0.15, 0.2) is 5.78 Å². The summed E-state index contributed by atoms with van der Waals surface area (Å²) in [6, 6.07) is 20.9. The van der Waals surface area contributed by atoms with Gasteiger partial charge in [0.1, 0.15) is 11.9 Å². The minimum absolute atomic E-state index is 0.111. The lowest BCUT2D eigenvalue weighted by molar-refractivity contribution is -0.152. The fourth-order valence-corrected chi connectivity index (χ4v) is 6.52. The van der Waals surface area contributed by atoms with E-state index in [1.54, 1.807) is 60.5 Å². The van der Waals surface area contributed by atoms with Crippen LogP contribution in [-0.4, -0.2) is 78.4 Å². The molecule has 5 rings (SSSR count). The summed E-state index contributed by atoms with van der Waals surface area (Å²) in [6.07, 6.45) is 0.0761. The number of benzene rings is 3. The quantitative estimate of drug-likeness (QED) is 0.261. The first-order chi connectivity index (χ1) is 21.1. The minimum atomic E-state index is -0.662. The van der Waals surface area contributed by atoms with Gasteiger partial charge in [-0.05, 0) is 48.0 Å². The van der Waals surface area contributed by atoms with Crippen molar-refractivity contribution in [3.63, 3.8) is 0 Å². The number of hydrogen-bond acceptors (Lipinski definition) is 7. The molecule has 230 valence electrons. The van der Waals surface area contributed by atoms with Crippen molar-refractivity contribution < 1.29 is 28.7 Å². The van der Waals surface area contributed by atoms with Gasteiger partial charge in [-0.25, -0.2) is 4.79 Å². The predicted octanol–water partition coefficient (Wildman–Crippen LogP) is 4.84. The van der Waals surface area contributed by atoms with Gasteiger partial charge in [0.2, 0.25) is 5.91 Å². The van der Waals surface area contributed by atoms with Crippen LogP contribution in [0, 0.1) is 0 Å². The second-order valence-electron chi connectivity index (χ2n) is 11.1. The van der Waals surface area contributed by atoms with Crippen molar-refractivity contribution in [3.8, 4) is 5.75 Å². The number of Topliss-reactive ketones (excluding diaryl/α,β-unsaturated/α-hetero) is 1. The number of methoxy groups -OCH3 is 1. The van der Waals surface area contributed by atoms with E-state index in [2.05, 4.69) is 26.1 Å². The number of anilines is 1. The molecule has 10 nitrogen and oxygen atoms in total. The van der Waals surface area contributed by atoms with Crippen molar-refractivity contribution in [2.45, 2.75) is 43.9 Å². The fourth-order valence-electron chi connectivity index (χ4n) is 6.25. The average Bonchev–Trinajstić information content (AvgIpc) is 3.00. The number of carbonyl (C=O) groups excluding carboxylic acids is 4. The highest BCUT2D eigenvalue weighted by molar-refractivity contribution is 9.10. The SMILES string of the molecule is COc1ccc(NC(=O)N2CC[C@H](OC(C)=O)CN3C(C2)[C@@H](c2ccc(Br)cc2)[C@H]3CC(=O)c2ccccc2C(N)=O)cc1. The fraction of sp³-hybridized carbons (Fsp3) is 0.333. The van der Waals surface area contributed by atoms with E-state index in [1.165, 1.54) is 6.92 Å². The van der Waals surface area contributed by atoms with Crippen molar-refractivity contribution in [2.75, 3.05) is 32.1 Å². The Hall–Kier alpha value is -4.22. The summed E-state index contributed by atoms with van der Waals surface area (Å²) in [5.74, 6) is -0.704. The number of hydrogen-bond donors (Lipinski definition) is 2. The molecule has 0 spiro atoms. The lowest BCUT2D eigenvalue weighted by Gasteiger charge is -2.58. The van der Waals surface area contributed by atoms with Crippen molar-refractivity contribution >= 4 is 45.3 Å². The van der Waals surface area contributed by atoms with Crippen LogP contribution in [0.2, 0.25) is 0 Å². The number of nitrogens with one attached hydrogen (secondary N) is 1. The molecular weight excluding hydrogens is 628 g/mol. The van der Waals surface area contributed by atoms with Gasteiger partial charge in [-0.3, -0.25) is 19.3 Å².